The quantitative estimate of drug-likeness (QED) is 0.598. The molecule has 0 aromatic carbocycles. The van der Waals surface area contributed by atoms with Crippen molar-refractivity contribution in [3.63, 3.8) is 0 Å². The molecule has 1 unspecified atom stereocenters. The first-order chi connectivity index (χ1) is 4.63. The van der Waals surface area contributed by atoms with Gasteiger partial charge in [-0.3, -0.25) is 0 Å². The Hall–Kier alpha value is 0.350. The summed E-state index contributed by atoms with van der Waals surface area (Å²) in [7, 11) is 0. The minimum Gasteiger partial charge on any atom is -0.176 e. The van der Waals surface area contributed by atoms with Crippen molar-refractivity contribution >= 4 is 12.6 Å². The van der Waals surface area contributed by atoms with Crippen LogP contribution in [-0.4, -0.2) is 5.25 Å². The van der Waals surface area contributed by atoms with Gasteiger partial charge in [-0.15, -0.1) is 0 Å². The van der Waals surface area contributed by atoms with Gasteiger partial charge in [0, 0.05) is 5.25 Å². The van der Waals surface area contributed by atoms with Crippen LogP contribution in [-0.2, 0) is 0 Å². The third-order valence-electron chi connectivity index (χ3n) is 3.00. The zero-order valence-corrected chi connectivity index (χ0v) is 8.54. The van der Waals surface area contributed by atoms with Gasteiger partial charge < -0.3 is 0 Å². The fourth-order valence-corrected chi connectivity index (χ4v) is 2.18. The second-order valence-electron chi connectivity index (χ2n) is 3.10. The molecule has 0 nitrogen and oxygen atoms in total. The Kier molecular flexibility index (Phi) is 4.42. The van der Waals surface area contributed by atoms with Crippen molar-refractivity contribution in [3.8, 4) is 0 Å². The standard InChI is InChI=1S/C9H20S/c1-5-9(6-2,7-3)8(4)10/h8,10H,5-7H2,1-4H3. The van der Waals surface area contributed by atoms with Gasteiger partial charge in [0.05, 0.1) is 0 Å². The van der Waals surface area contributed by atoms with Gasteiger partial charge in [0.15, 0.2) is 0 Å². The van der Waals surface area contributed by atoms with Crippen molar-refractivity contribution in [2.75, 3.05) is 0 Å². The monoisotopic (exact) mass is 160 g/mol. The van der Waals surface area contributed by atoms with E-state index in [1.165, 1.54) is 19.3 Å². The van der Waals surface area contributed by atoms with Crippen molar-refractivity contribution in [3.05, 3.63) is 0 Å². The van der Waals surface area contributed by atoms with E-state index >= 15 is 0 Å². The summed E-state index contributed by atoms with van der Waals surface area (Å²) >= 11 is 4.52. The number of hydrogen-bond acceptors (Lipinski definition) is 1. The molecule has 0 saturated carbocycles. The Morgan fingerprint density at radius 2 is 1.40 bits per heavy atom. The van der Waals surface area contributed by atoms with Crippen LogP contribution in [0.4, 0.5) is 0 Å². The Bertz CT molecular complexity index is 74.5. The molecule has 10 heavy (non-hydrogen) atoms. The molecule has 0 aliphatic rings. The largest absolute Gasteiger partial charge is 0.176 e. The number of rotatable bonds is 4. The predicted octanol–water partition coefficient (Wildman–Crippen LogP) is 3.52. The molecular weight excluding hydrogens is 140 g/mol. The molecule has 0 aromatic rings. The average molecular weight is 160 g/mol. The molecule has 1 heteroatoms. The molecule has 0 heterocycles. The lowest BCUT2D eigenvalue weighted by molar-refractivity contribution is 0.251. The van der Waals surface area contributed by atoms with Gasteiger partial charge in [0.1, 0.15) is 0 Å². The minimum absolute atomic E-state index is 0.489. The molecular formula is C9H20S. The maximum atomic E-state index is 4.52. The van der Waals surface area contributed by atoms with Crippen LogP contribution in [0.2, 0.25) is 0 Å². The summed E-state index contributed by atoms with van der Waals surface area (Å²) < 4.78 is 0. The summed E-state index contributed by atoms with van der Waals surface area (Å²) in [5.74, 6) is 0. The summed E-state index contributed by atoms with van der Waals surface area (Å²) in [6.45, 7) is 9.00. The Balaban J connectivity index is 4.15. The average Bonchev–Trinajstić information content (AvgIpc) is 1.92. The van der Waals surface area contributed by atoms with Crippen LogP contribution in [0.1, 0.15) is 47.0 Å². The number of thiol groups is 1. The Labute approximate surface area is 70.8 Å². The van der Waals surface area contributed by atoms with E-state index in [0.717, 1.165) is 0 Å². The van der Waals surface area contributed by atoms with E-state index in [-0.39, 0.29) is 0 Å². The van der Waals surface area contributed by atoms with Crippen LogP contribution in [0.15, 0.2) is 0 Å². The maximum Gasteiger partial charge on any atom is 0.00446 e. The van der Waals surface area contributed by atoms with Crippen LogP contribution in [0.25, 0.3) is 0 Å². The molecule has 0 rings (SSSR count). The number of hydrogen-bond donors (Lipinski definition) is 1. The van der Waals surface area contributed by atoms with Crippen LogP contribution in [0.3, 0.4) is 0 Å². The van der Waals surface area contributed by atoms with Crippen LogP contribution >= 0.6 is 12.6 Å². The second kappa shape index (κ2) is 4.27. The molecule has 0 aliphatic carbocycles. The molecule has 0 amide bonds. The Morgan fingerprint density at radius 3 is 1.40 bits per heavy atom. The first-order valence-corrected chi connectivity index (χ1v) is 4.82. The van der Waals surface area contributed by atoms with E-state index in [1.54, 1.807) is 0 Å². The van der Waals surface area contributed by atoms with Crippen molar-refractivity contribution < 1.29 is 0 Å². The summed E-state index contributed by atoms with van der Waals surface area (Å²) in [5, 5.41) is 0.535. The SMILES string of the molecule is CCC(CC)(CC)C(C)S. The molecule has 0 spiro atoms. The van der Waals surface area contributed by atoms with Crippen LogP contribution in [0, 0.1) is 5.41 Å². The highest BCUT2D eigenvalue weighted by Gasteiger charge is 2.27. The lowest BCUT2D eigenvalue weighted by Crippen LogP contribution is -2.27. The van der Waals surface area contributed by atoms with Gasteiger partial charge in [-0.25, -0.2) is 0 Å². The van der Waals surface area contributed by atoms with Crippen molar-refractivity contribution in [1.29, 1.82) is 0 Å². The van der Waals surface area contributed by atoms with E-state index in [4.69, 9.17) is 0 Å². The molecule has 1 atom stereocenters. The van der Waals surface area contributed by atoms with Gasteiger partial charge in [-0.1, -0.05) is 27.7 Å². The zero-order valence-electron chi connectivity index (χ0n) is 7.65. The Morgan fingerprint density at radius 1 is 1.10 bits per heavy atom. The highest BCUT2D eigenvalue weighted by Crippen LogP contribution is 2.36. The lowest BCUT2D eigenvalue weighted by atomic mass is 9.77. The molecule has 0 bridgehead atoms. The first-order valence-electron chi connectivity index (χ1n) is 4.31. The fraction of sp³-hybridized carbons (Fsp3) is 1.00. The van der Waals surface area contributed by atoms with Gasteiger partial charge >= 0.3 is 0 Å². The second-order valence-corrected chi connectivity index (χ2v) is 3.87. The molecule has 0 aliphatic heterocycles. The molecule has 0 saturated heterocycles. The molecule has 62 valence electrons. The topological polar surface area (TPSA) is 0 Å². The molecule has 0 radical (unpaired) electrons. The van der Waals surface area contributed by atoms with E-state index in [9.17, 15) is 0 Å². The first kappa shape index (κ1) is 10.3. The van der Waals surface area contributed by atoms with Crippen molar-refractivity contribution in [2.45, 2.75) is 52.2 Å². The highest BCUT2D eigenvalue weighted by atomic mass is 32.1. The van der Waals surface area contributed by atoms with Crippen LogP contribution in [0.5, 0.6) is 0 Å². The summed E-state index contributed by atoms with van der Waals surface area (Å²) in [4.78, 5) is 0. The maximum absolute atomic E-state index is 4.52. The summed E-state index contributed by atoms with van der Waals surface area (Å²) in [5.41, 5.74) is 0.489. The smallest absolute Gasteiger partial charge is 0.00446 e. The predicted molar refractivity (Wildman–Crippen MR) is 51.8 cm³/mol. The summed E-state index contributed by atoms with van der Waals surface area (Å²) in [6.07, 6.45) is 3.76. The van der Waals surface area contributed by atoms with Gasteiger partial charge in [0.25, 0.3) is 0 Å². The fourth-order valence-electron chi connectivity index (χ4n) is 1.64. The van der Waals surface area contributed by atoms with Gasteiger partial charge in [-0.2, -0.15) is 12.6 Å². The normalized spacial score (nSPS) is 15.3. The third kappa shape index (κ3) is 1.91. The minimum atomic E-state index is 0.489. The van der Waals surface area contributed by atoms with Gasteiger partial charge in [0.2, 0.25) is 0 Å². The van der Waals surface area contributed by atoms with E-state index in [2.05, 4.69) is 40.3 Å². The van der Waals surface area contributed by atoms with E-state index in [0.29, 0.717) is 10.7 Å². The van der Waals surface area contributed by atoms with E-state index < -0.39 is 0 Å². The van der Waals surface area contributed by atoms with Gasteiger partial charge in [-0.05, 0) is 24.7 Å². The lowest BCUT2D eigenvalue weighted by Gasteiger charge is -2.34. The van der Waals surface area contributed by atoms with Crippen molar-refractivity contribution in [1.82, 2.24) is 0 Å². The van der Waals surface area contributed by atoms with Crippen molar-refractivity contribution in [2.24, 2.45) is 5.41 Å². The van der Waals surface area contributed by atoms with Crippen LogP contribution < -0.4 is 0 Å². The van der Waals surface area contributed by atoms with E-state index in [1.807, 2.05) is 0 Å². The molecule has 0 N–H and O–H groups in total. The zero-order chi connectivity index (χ0) is 8.20. The third-order valence-corrected chi connectivity index (χ3v) is 3.55. The highest BCUT2D eigenvalue weighted by molar-refractivity contribution is 7.81. The molecule has 0 fully saturated rings. The molecule has 0 aromatic heterocycles. The summed E-state index contributed by atoms with van der Waals surface area (Å²) in [6, 6.07) is 0.